The molecule has 21 heavy (non-hydrogen) atoms. The molecule has 120 valence electrons. The molecule has 1 aromatic heterocycles. The fraction of sp³-hybridized carbons (Fsp3) is 0.643. The van der Waals surface area contributed by atoms with E-state index in [0.29, 0.717) is 12.4 Å². The Morgan fingerprint density at radius 2 is 1.90 bits per heavy atom. The van der Waals surface area contributed by atoms with Crippen molar-refractivity contribution in [3.63, 3.8) is 0 Å². The van der Waals surface area contributed by atoms with Gasteiger partial charge in [-0.1, -0.05) is 6.92 Å². The van der Waals surface area contributed by atoms with Crippen LogP contribution in [0.4, 0.5) is 5.82 Å². The van der Waals surface area contributed by atoms with Gasteiger partial charge in [-0.25, -0.2) is 17.7 Å². The van der Waals surface area contributed by atoms with Crippen molar-refractivity contribution in [1.82, 2.24) is 14.2 Å². The number of rotatable bonds is 9. The molecule has 0 aliphatic heterocycles. The molecule has 0 fully saturated rings. The number of pyridine rings is 1. The number of sulfonamides is 1. The van der Waals surface area contributed by atoms with Gasteiger partial charge in [0.05, 0.1) is 0 Å². The predicted octanol–water partition coefficient (Wildman–Crippen LogP) is 1.48. The molecule has 0 aliphatic rings. The summed E-state index contributed by atoms with van der Waals surface area (Å²) in [5.41, 5.74) is 0. The largest absolute Gasteiger partial charge is 0.370 e. The summed E-state index contributed by atoms with van der Waals surface area (Å²) in [6.45, 7) is 4.24. The SMILES string of the molecule is CCCNc1ccc(S(=O)(=O)N(C)CCCN(C)C)cn1. The average molecular weight is 314 g/mol. The molecule has 0 bridgehead atoms. The number of anilines is 1. The maximum absolute atomic E-state index is 12.4. The van der Waals surface area contributed by atoms with Crippen LogP contribution < -0.4 is 5.32 Å². The maximum atomic E-state index is 12.4. The number of hydrogen-bond acceptors (Lipinski definition) is 5. The Morgan fingerprint density at radius 1 is 1.19 bits per heavy atom. The van der Waals surface area contributed by atoms with Gasteiger partial charge < -0.3 is 10.2 Å². The molecule has 0 atom stereocenters. The van der Waals surface area contributed by atoms with Crippen LogP contribution in [0.5, 0.6) is 0 Å². The van der Waals surface area contributed by atoms with Crippen LogP contribution in [0.15, 0.2) is 23.2 Å². The van der Waals surface area contributed by atoms with E-state index in [4.69, 9.17) is 0 Å². The summed E-state index contributed by atoms with van der Waals surface area (Å²) in [6.07, 6.45) is 3.21. The Kier molecular flexibility index (Phi) is 7.07. The van der Waals surface area contributed by atoms with E-state index in [2.05, 4.69) is 17.2 Å². The molecule has 0 aromatic carbocycles. The summed E-state index contributed by atoms with van der Waals surface area (Å²) in [7, 11) is 2.10. The molecule has 0 spiro atoms. The Bertz CT molecular complexity index is 514. The van der Waals surface area contributed by atoms with E-state index in [1.807, 2.05) is 19.0 Å². The van der Waals surface area contributed by atoms with Crippen LogP contribution in [0.2, 0.25) is 0 Å². The Labute approximate surface area is 128 Å². The van der Waals surface area contributed by atoms with Crippen LogP contribution in [0.1, 0.15) is 19.8 Å². The van der Waals surface area contributed by atoms with Crippen molar-refractivity contribution in [2.75, 3.05) is 46.1 Å². The monoisotopic (exact) mass is 314 g/mol. The summed E-state index contributed by atoms with van der Waals surface area (Å²) < 4.78 is 26.2. The Balaban J connectivity index is 2.68. The molecule has 1 aromatic rings. The number of hydrogen-bond donors (Lipinski definition) is 1. The second kappa shape index (κ2) is 8.31. The van der Waals surface area contributed by atoms with Gasteiger partial charge in [0.1, 0.15) is 10.7 Å². The first-order valence-corrected chi connectivity index (χ1v) is 8.63. The molecule has 1 heterocycles. The van der Waals surface area contributed by atoms with Gasteiger partial charge in [0.15, 0.2) is 0 Å². The topological polar surface area (TPSA) is 65.5 Å². The molecule has 0 saturated carbocycles. The van der Waals surface area contributed by atoms with Crippen LogP contribution in [-0.4, -0.2) is 63.4 Å². The van der Waals surface area contributed by atoms with Gasteiger partial charge in [-0.15, -0.1) is 0 Å². The normalized spacial score (nSPS) is 12.1. The molecule has 0 radical (unpaired) electrons. The molecule has 0 amide bonds. The maximum Gasteiger partial charge on any atom is 0.244 e. The fourth-order valence-corrected chi connectivity index (χ4v) is 2.96. The highest BCUT2D eigenvalue weighted by molar-refractivity contribution is 7.89. The highest BCUT2D eigenvalue weighted by Crippen LogP contribution is 2.15. The van der Waals surface area contributed by atoms with Crippen molar-refractivity contribution < 1.29 is 8.42 Å². The van der Waals surface area contributed by atoms with Gasteiger partial charge in [0, 0.05) is 26.3 Å². The molecule has 7 heteroatoms. The van der Waals surface area contributed by atoms with Crippen LogP contribution in [0.3, 0.4) is 0 Å². The van der Waals surface area contributed by atoms with Crippen molar-refractivity contribution in [2.45, 2.75) is 24.7 Å². The van der Waals surface area contributed by atoms with Crippen LogP contribution in [0, 0.1) is 0 Å². The zero-order chi connectivity index (χ0) is 15.9. The first kappa shape index (κ1) is 17.9. The molecule has 0 unspecified atom stereocenters. The first-order chi connectivity index (χ1) is 9.87. The second-order valence-corrected chi connectivity index (χ2v) is 7.33. The Morgan fingerprint density at radius 3 is 2.43 bits per heavy atom. The summed E-state index contributed by atoms with van der Waals surface area (Å²) in [4.78, 5) is 6.42. The first-order valence-electron chi connectivity index (χ1n) is 7.19. The van der Waals surface area contributed by atoms with Crippen molar-refractivity contribution in [2.24, 2.45) is 0 Å². The third-order valence-electron chi connectivity index (χ3n) is 3.08. The molecular weight excluding hydrogens is 288 g/mol. The lowest BCUT2D eigenvalue weighted by Crippen LogP contribution is -2.30. The highest BCUT2D eigenvalue weighted by Gasteiger charge is 2.20. The van der Waals surface area contributed by atoms with Gasteiger partial charge >= 0.3 is 0 Å². The highest BCUT2D eigenvalue weighted by atomic mass is 32.2. The van der Waals surface area contributed by atoms with E-state index in [0.717, 1.165) is 25.9 Å². The van der Waals surface area contributed by atoms with E-state index < -0.39 is 10.0 Å². The summed E-state index contributed by atoms with van der Waals surface area (Å²) in [5.74, 6) is 0.700. The summed E-state index contributed by atoms with van der Waals surface area (Å²) in [5, 5.41) is 3.12. The third kappa shape index (κ3) is 5.61. The van der Waals surface area contributed by atoms with E-state index in [9.17, 15) is 8.42 Å². The fourth-order valence-electron chi connectivity index (χ4n) is 1.80. The van der Waals surface area contributed by atoms with Gasteiger partial charge in [0.25, 0.3) is 0 Å². The second-order valence-electron chi connectivity index (χ2n) is 5.29. The van der Waals surface area contributed by atoms with E-state index >= 15 is 0 Å². The molecular formula is C14H26N4O2S. The van der Waals surface area contributed by atoms with Crippen LogP contribution in [0.25, 0.3) is 0 Å². The average Bonchev–Trinajstić information content (AvgIpc) is 2.45. The lowest BCUT2D eigenvalue weighted by atomic mass is 10.4. The summed E-state index contributed by atoms with van der Waals surface area (Å²) >= 11 is 0. The van der Waals surface area contributed by atoms with Gasteiger partial charge in [-0.2, -0.15) is 0 Å². The van der Waals surface area contributed by atoms with Crippen molar-refractivity contribution in [1.29, 1.82) is 0 Å². The van der Waals surface area contributed by atoms with Gasteiger partial charge in [-0.05, 0) is 45.6 Å². The Hall–Kier alpha value is -1.18. The summed E-state index contributed by atoms with van der Waals surface area (Å²) in [6, 6.07) is 3.30. The van der Waals surface area contributed by atoms with Crippen molar-refractivity contribution in [3.05, 3.63) is 18.3 Å². The van der Waals surface area contributed by atoms with Crippen molar-refractivity contribution >= 4 is 15.8 Å². The number of nitrogens with one attached hydrogen (secondary N) is 1. The van der Waals surface area contributed by atoms with Crippen LogP contribution in [-0.2, 0) is 10.0 Å². The minimum absolute atomic E-state index is 0.233. The zero-order valence-electron chi connectivity index (χ0n) is 13.3. The van der Waals surface area contributed by atoms with E-state index in [1.165, 1.54) is 10.5 Å². The third-order valence-corrected chi connectivity index (χ3v) is 4.92. The number of nitrogens with zero attached hydrogens (tertiary/aromatic N) is 3. The van der Waals surface area contributed by atoms with Gasteiger partial charge in [0.2, 0.25) is 10.0 Å². The predicted molar refractivity (Wildman–Crippen MR) is 86.0 cm³/mol. The van der Waals surface area contributed by atoms with E-state index in [-0.39, 0.29) is 4.90 Å². The zero-order valence-corrected chi connectivity index (χ0v) is 14.2. The van der Waals surface area contributed by atoms with Crippen LogP contribution >= 0.6 is 0 Å². The standard InChI is InChI=1S/C14H26N4O2S/c1-5-9-15-14-8-7-13(12-16-14)21(19,20)18(4)11-6-10-17(2)3/h7-8,12H,5-6,9-11H2,1-4H3,(H,15,16). The molecule has 1 rings (SSSR count). The molecule has 0 saturated heterocycles. The quantitative estimate of drug-likeness (QED) is 0.748. The minimum atomic E-state index is -3.45. The lowest BCUT2D eigenvalue weighted by molar-refractivity contribution is 0.370. The molecule has 6 nitrogen and oxygen atoms in total. The lowest BCUT2D eigenvalue weighted by Gasteiger charge is -2.18. The van der Waals surface area contributed by atoms with E-state index in [1.54, 1.807) is 19.2 Å². The van der Waals surface area contributed by atoms with Gasteiger partial charge in [-0.3, -0.25) is 0 Å². The molecule has 0 aliphatic carbocycles. The number of aromatic nitrogens is 1. The smallest absolute Gasteiger partial charge is 0.244 e. The van der Waals surface area contributed by atoms with Crippen molar-refractivity contribution in [3.8, 4) is 0 Å². The minimum Gasteiger partial charge on any atom is -0.370 e. The molecule has 1 N–H and O–H groups in total.